The number of hydrogen-bond acceptors (Lipinski definition) is 3. The van der Waals surface area contributed by atoms with Crippen LogP contribution in [0.3, 0.4) is 0 Å². The van der Waals surface area contributed by atoms with Crippen molar-refractivity contribution in [3.8, 4) is 0 Å². The van der Waals surface area contributed by atoms with Gasteiger partial charge in [-0.2, -0.15) is 0 Å². The van der Waals surface area contributed by atoms with Crippen LogP contribution >= 0.6 is 23.6 Å². The molecule has 2 nitrogen and oxygen atoms in total. The predicted molar refractivity (Wildman–Crippen MR) is 21.5 cm³/mol. The van der Waals surface area contributed by atoms with Crippen LogP contribution in [0.1, 0.15) is 0 Å². The summed E-state index contributed by atoms with van der Waals surface area (Å²) in [6.07, 6.45) is 0. The zero-order valence-electron chi connectivity index (χ0n) is 2.14. The molecule has 0 heterocycles. The first kappa shape index (κ1) is 5.27. The highest BCUT2D eigenvalue weighted by atomic mass is 35.5. The topological polar surface area (TPSA) is 37.3 Å². The molecule has 0 aromatic rings. The first-order valence-corrected chi connectivity index (χ1v) is 1.93. The van der Waals surface area contributed by atoms with E-state index in [-0.39, 0.29) is 12.0 Å². The Labute approximate surface area is 38.3 Å². The number of hydrogen-bond donors (Lipinski definition) is 1. The van der Waals surface area contributed by atoms with E-state index in [1.165, 1.54) is 0 Å². The fourth-order valence-corrected chi connectivity index (χ4v) is 0. The average Bonchev–Trinajstić information content (AvgIpc) is 1.38. The molecule has 4 heteroatoms. The maximum Gasteiger partial charge on any atom is 0.306 e. The molecule has 0 bridgehead atoms. The summed E-state index contributed by atoms with van der Waals surface area (Å²) in [6, 6.07) is 0. The monoisotopic (exact) mass is 112 g/mol. The molecule has 0 aromatic heterocycles. The highest BCUT2D eigenvalue weighted by Gasteiger charge is 1.85. The normalized spacial score (nSPS) is 7.60. The molecule has 1 N–H and O–H groups in total. The highest BCUT2D eigenvalue weighted by molar-refractivity contribution is 8.11. The SMILES string of the molecule is O=C(Cl)SO. The number of rotatable bonds is 0. The van der Waals surface area contributed by atoms with Gasteiger partial charge in [0.15, 0.2) is 0 Å². The molecule has 0 rings (SSSR count). The van der Waals surface area contributed by atoms with Crippen LogP contribution in [-0.2, 0) is 0 Å². The van der Waals surface area contributed by atoms with Gasteiger partial charge in [-0.05, 0) is 11.6 Å². The summed E-state index contributed by atoms with van der Waals surface area (Å²) in [6.45, 7) is 0. The van der Waals surface area contributed by atoms with Gasteiger partial charge >= 0.3 is 4.57 Å². The van der Waals surface area contributed by atoms with Crippen LogP contribution in [0.5, 0.6) is 0 Å². The van der Waals surface area contributed by atoms with Gasteiger partial charge in [0.25, 0.3) is 0 Å². The van der Waals surface area contributed by atoms with Crippen molar-refractivity contribution in [1.82, 2.24) is 0 Å². The fourth-order valence-electron chi connectivity index (χ4n) is 0. The van der Waals surface area contributed by atoms with Crippen molar-refractivity contribution in [1.29, 1.82) is 0 Å². The third kappa shape index (κ3) is 4.27. The summed E-state index contributed by atoms with van der Waals surface area (Å²) in [4.78, 5) is 9.29. The zero-order chi connectivity index (χ0) is 4.28. The van der Waals surface area contributed by atoms with E-state index < -0.39 is 4.57 Å². The van der Waals surface area contributed by atoms with Gasteiger partial charge in [-0.3, -0.25) is 4.79 Å². The van der Waals surface area contributed by atoms with E-state index >= 15 is 0 Å². The lowest BCUT2D eigenvalue weighted by molar-refractivity contribution is 0.275. The fraction of sp³-hybridized carbons (Fsp3) is 0. The summed E-state index contributed by atoms with van der Waals surface area (Å²) in [7, 11) is 0. The highest BCUT2D eigenvalue weighted by Crippen LogP contribution is 1.97. The van der Waals surface area contributed by atoms with Crippen LogP contribution in [0.25, 0.3) is 0 Å². The van der Waals surface area contributed by atoms with Crippen LogP contribution in [0.4, 0.5) is 4.79 Å². The second-order valence-corrected chi connectivity index (χ2v) is 1.45. The van der Waals surface area contributed by atoms with Crippen LogP contribution in [0.2, 0.25) is 0 Å². The standard InChI is InChI=1S/CHClO2S/c2-1(3)5-4/h4H. The van der Waals surface area contributed by atoms with Crippen LogP contribution in [0, 0.1) is 0 Å². The van der Waals surface area contributed by atoms with E-state index in [1.807, 2.05) is 0 Å². The lowest BCUT2D eigenvalue weighted by Crippen LogP contribution is -1.61. The van der Waals surface area contributed by atoms with Gasteiger partial charge < -0.3 is 4.55 Å². The smallest absolute Gasteiger partial charge is 0.306 e. The molecular weight excluding hydrogens is 112 g/mol. The Morgan fingerprint density at radius 2 is 2.20 bits per heavy atom. The Bertz CT molecular complexity index is 44.9. The van der Waals surface area contributed by atoms with Gasteiger partial charge in [-0.25, -0.2) is 0 Å². The molecule has 0 aromatic carbocycles. The van der Waals surface area contributed by atoms with Crippen molar-refractivity contribution in [2.45, 2.75) is 0 Å². The quantitative estimate of drug-likeness (QED) is 0.382. The summed E-state index contributed by atoms with van der Waals surface area (Å²) in [5.74, 6) is 0. The minimum atomic E-state index is -0.801. The Kier molecular flexibility index (Phi) is 2.64. The van der Waals surface area contributed by atoms with E-state index in [1.54, 1.807) is 0 Å². The molecule has 0 unspecified atom stereocenters. The lowest BCUT2D eigenvalue weighted by atomic mass is 11.8. The molecule has 30 valence electrons. The Balaban J connectivity index is 2.85. The molecule has 0 aliphatic rings. The second kappa shape index (κ2) is 2.50. The third-order valence-corrected chi connectivity index (χ3v) is 0.422. The van der Waals surface area contributed by atoms with Gasteiger partial charge in [-0.15, -0.1) is 0 Å². The van der Waals surface area contributed by atoms with Crippen LogP contribution < -0.4 is 0 Å². The Hall–Kier alpha value is 0.270. The molecule has 0 aliphatic heterocycles. The van der Waals surface area contributed by atoms with Gasteiger partial charge in [-0.1, -0.05) is 0 Å². The molecule has 0 saturated heterocycles. The molecule has 0 saturated carbocycles. The maximum atomic E-state index is 9.29. The summed E-state index contributed by atoms with van der Waals surface area (Å²) in [5.41, 5.74) is 0. The van der Waals surface area contributed by atoms with E-state index in [0.717, 1.165) is 0 Å². The second-order valence-electron chi connectivity index (χ2n) is 0.329. The van der Waals surface area contributed by atoms with Crippen molar-refractivity contribution in [2.24, 2.45) is 0 Å². The van der Waals surface area contributed by atoms with E-state index in [2.05, 4.69) is 11.6 Å². The number of carbonyl (C=O) groups excluding carboxylic acids is 1. The molecule has 0 fully saturated rings. The third-order valence-electron chi connectivity index (χ3n) is 0.0718. The van der Waals surface area contributed by atoms with Crippen molar-refractivity contribution in [3.05, 3.63) is 0 Å². The first-order valence-electron chi connectivity index (χ1n) is 0.780. The molecule has 0 radical (unpaired) electrons. The summed E-state index contributed by atoms with van der Waals surface area (Å²) in [5, 5.41) is 0. The summed E-state index contributed by atoms with van der Waals surface area (Å²) >= 11 is 4.54. The largest absolute Gasteiger partial charge is 0.322 e. The van der Waals surface area contributed by atoms with Crippen molar-refractivity contribution < 1.29 is 9.35 Å². The Morgan fingerprint density at radius 3 is 2.20 bits per heavy atom. The van der Waals surface area contributed by atoms with Crippen molar-refractivity contribution in [2.75, 3.05) is 0 Å². The number of carbonyl (C=O) groups is 1. The van der Waals surface area contributed by atoms with Gasteiger partial charge in [0.1, 0.15) is 0 Å². The Morgan fingerprint density at radius 1 is 2.00 bits per heavy atom. The van der Waals surface area contributed by atoms with Crippen molar-refractivity contribution in [3.63, 3.8) is 0 Å². The van der Waals surface area contributed by atoms with E-state index in [9.17, 15) is 4.79 Å². The van der Waals surface area contributed by atoms with E-state index in [0.29, 0.717) is 0 Å². The predicted octanol–water partition coefficient (Wildman–Crippen LogP) is 1.55. The van der Waals surface area contributed by atoms with Crippen LogP contribution in [0.15, 0.2) is 0 Å². The molecule has 0 atom stereocenters. The molecule has 5 heavy (non-hydrogen) atoms. The zero-order valence-corrected chi connectivity index (χ0v) is 3.71. The first-order chi connectivity index (χ1) is 2.27. The molecular formula is CHClO2S. The molecule has 0 amide bonds. The average molecular weight is 113 g/mol. The summed E-state index contributed by atoms with van der Waals surface area (Å²) < 4.78 is 6.78. The lowest BCUT2D eigenvalue weighted by Gasteiger charge is -1.66. The molecule has 0 aliphatic carbocycles. The minimum absolute atomic E-state index is 0.00617. The van der Waals surface area contributed by atoms with Gasteiger partial charge in [0.2, 0.25) is 0 Å². The van der Waals surface area contributed by atoms with E-state index in [4.69, 9.17) is 4.55 Å². The van der Waals surface area contributed by atoms with Gasteiger partial charge in [0.05, 0.1) is 12.0 Å². The van der Waals surface area contributed by atoms with Crippen molar-refractivity contribution >= 4 is 28.2 Å². The van der Waals surface area contributed by atoms with Crippen LogP contribution in [-0.4, -0.2) is 9.13 Å². The minimum Gasteiger partial charge on any atom is -0.322 e. The maximum absolute atomic E-state index is 9.29. The molecule has 0 spiro atoms. The van der Waals surface area contributed by atoms with Gasteiger partial charge in [0, 0.05) is 0 Å². The number of halogens is 1.